The molecule has 0 aliphatic carbocycles. The molecule has 0 spiro atoms. The van der Waals surface area contributed by atoms with Crippen LogP contribution in [0.1, 0.15) is 31.9 Å². The fourth-order valence-corrected chi connectivity index (χ4v) is 2.10. The van der Waals surface area contributed by atoms with Gasteiger partial charge >= 0.3 is 0 Å². The molecule has 1 aromatic rings. The zero-order chi connectivity index (χ0) is 14.8. The van der Waals surface area contributed by atoms with Crippen LogP contribution < -0.4 is 10.6 Å². The number of halogens is 2. The van der Waals surface area contributed by atoms with E-state index in [1.165, 1.54) is 0 Å². The Hall–Kier alpha value is -0.810. The molecule has 4 nitrogen and oxygen atoms in total. The maximum absolute atomic E-state index is 12.4. The van der Waals surface area contributed by atoms with Crippen molar-refractivity contribution in [1.29, 1.82) is 0 Å². The lowest BCUT2D eigenvalue weighted by Gasteiger charge is -2.26. The molecule has 0 aromatic heterocycles. The maximum atomic E-state index is 12.4. The lowest BCUT2D eigenvalue weighted by molar-refractivity contribution is -0.126. The van der Waals surface area contributed by atoms with Crippen molar-refractivity contribution in [3.05, 3.63) is 35.9 Å². The number of nitrogens with one attached hydrogen (secondary N) is 2. The van der Waals surface area contributed by atoms with Crippen LogP contribution in [-0.4, -0.2) is 44.0 Å². The van der Waals surface area contributed by atoms with E-state index in [1.807, 2.05) is 37.4 Å². The third-order valence-electron chi connectivity index (χ3n) is 3.33. The molecule has 2 N–H and O–H groups in total. The van der Waals surface area contributed by atoms with Crippen LogP contribution in [0.15, 0.2) is 30.3 Å². The first-order valence-corrected chi connectivity index (χ1v) is 7.44. The Morgan fingerprint density at radius 1 is 1.09 bits per heavy atom. The molecular weight excluding hydrogens is 321 g/mol. The van der Waals surface area contributed by atoms with Crippen LogP contribution in [0.25, 0.3) is 0 Å². The third kappa shape index (κ3) is 7.99. The summed E-state index contributed by atoms with van der Waals surface area (Å²) in [6, 6.07) is 9.72. The number of carbonyl (C=O) groups is 1. The van der Waals surface area contributed by atoms with E-state index in [4.69, 9.17) is 0 Å². The van der Waals surface area contributed by atoms with Crippen LogP contribution in [0.2, 0.25) is 0 Å². The largest absolute Gasteiger partial charge is 0.353 e. The average Bonchev–Trinajstić information content (AvgIpc) is 2.48. The molecule has 0 saturated carbocycles. The van der Waals surface area contributed by atoms with Gasteiger partial charge in [-0.2, -0.15) is 0 Å². The van der Waals surface area contributed by atoms with Gasteiger partial charge in [-0.15, -0.1) is 24.8 Å². The highest BCUT2D eigenvalue weighted by Gasteiger charge is 2.23. The first-order valence-electron chi connectivity index (χ1n) is 7.44. The zero-order valence-electron chi connectivity index (χ0n) is 13.7. The van der Waals surface area contributed by atoms with Gasteiger partial charge in [0.25, 0.3) is 0 Å². The summed E-state index contributed by atoms with van der Waals surface area (Å²) in [4.78, 5) is 14.5. The van der Waals surface area contributed by atoms with E-state index in [1.54, 1.807) is 0 Å². The van der Waals surface area contributed by atoms with Gasteiger partial charge in [-0.1, -0.05) is 44.2 Å². The van der Waals surface area contributed by atoms with E-state index in [2.05, 4.69) is 29.4 Å². The lowest BCUT2D eigenvalue weighted by atomic mass is 10.0. The zero-order valence-corrected chi connectivity index (χ0v) is 15.3. The molecule has 0 aliphatic rings. The summed E-state index contributed by atoms with van der Waals surface area (Å²) >= 11 is 0. The number of benzene rings is 1. The second kappa shape index (κ2) is 13.8. The van der Waals surface area contributed by atoms with Gasteiger partial charge in [-0.3, -0.25) is 9.69 Å². The van der Waals surface area contributed by atoms with Gasteiger partial charge in [0, 0.05) is 13.1 Å². The predicted molar refractivity (Wildman–Crippen MR) is 98.2 cm³/mol. The second-order valence-electron chi connectivity index (χ2n) is 4.93. The van der Waals surface area contributed by atoms with Crippen molar-refractivity contribution in [1.82, 2.24) is 15.5 Å². The lowest BCUT2D eigenvalue weighted by Crippen LogP contribution is -2.41. The number of hydrogen-bond donors (Lipinski definition) is 2. The monoisotopic (exact) mass is 349 g/mol. The topological polar surface area (TPSA) is 44.4 Å². The van der Waals surface area contributed by atoms with Crippen LogP contribution >= 0.6 is 24.8 Å². The highest BCUT2D eigenvalue weighted by atomic mass is 35.5. The smallest absolute Gasteiger partial charge is 0.241 e. The minimum absolute atomic E-state index is 0. The van der Waals surface area contributed by atoms with Crippen molar-refractivity contribution >= 4 is 30.7 Å². The van der Waals surface area contributed by atoms with Crippen LogP contribution in [0, 0.1) is 0 Å². The summed E-state index contributed by atoms with van der Waals surface area (Å²) in [7, 11) is 1.98. The quantitative estimate of drug-likeness (QED) is 0.673. The highest BCUT2D eigenvalue weighted by Crippen LogP contribution is 2.18. The first-order chi connectivity index (χ1) is 9.70. The molecule has 1 rings (SSSR count). The molecule has 0 heterocycles. The summed E-state index contributed by atoms with van der Waals surface area (Å²) in [5.74, 6) is 0.0684. The van der Waals surface area contributed by atoms with Crippen molar-refractivity contribution in [2.45, 2.75) is 26.3 Å². The summed E-state index contributed by atoms with van der Waals surface area (Å²) < 4.78 is 0. The second-order valence-corrected chi connectivity index (χ2v) is 4.93. The van der Waals surface area contributed by atoms with Crippen LogP contribution in [0.5, 0.6) is 0 Å². The standard InChI is InChI=1S/C16H27N3O.2ClH/c1-4-11-17-12-13-18-16(20)15(19(3)5-2)14-9-7-6-8-10-14;;/h6-10,15,17H,4-5,11-13H2,1-3H3,(H,18,20);2*1H. The SMILES string of the molecule is CCCNCCNC(=O)C(c1ccccc1)N(C)CC.Cl.Cl. The molecule has 6 heteroatoms. The minimum Gasteiger partial charge on any atom is -0.353 e. The van der Waals surface area contributed by atoms with Crippen LogP contribution in [0.4, 0.5) is 0 Å². The molecule has 1 atom stereocenters. The molecule has 128 valence electrons. The molecule has 0 aliphatic heterocycles. The van der Waals surface area contributed by atoms with E-state index in [9.17, 15) is 4.79 Å². The summed E-state index contributed by atoms with van der Waals surface area (Å²) in [5.41, 5.74) is 1.04. The average molecular weight is 350 g/mol. The summed E-state index contributed by atoms with van der Waals surface area (Å²) in [6.45, 7) is 7.50. The fraction of sp³-hybridized carbons (Fsp3) is 0.562. The molecule has 1 aromatic carbocycles. The van der Waals surface area contributed by atoms with Crippen molar-refractivity contribution in [3.8, 4) is 0 Å². The molecular formula is C16H29Cl2N3O. The van der Waals surface area contributed by atoms with Crippen molar-refractivity contribution in [3.63, 3.8) is 0 Å². The summed E-state index contributed by atoms with van der Waals surface area (Å²) in [6.07, 6.45) is 1.11. The number of hydrogen-bond acceptors (Lipinski definition) is 3. The van der Waals surface area contributed by atoms with Gasteiger partial charge in [0.05, 0.1) is 0 Å². The Morgan fingerprint density at radius 3 is 2.27 bits per heavy atom. The molecule has 0 saturated heterocycles. The minimum atomic E-state index is -0.215. The predicted octanol–water partition coefficient (Wildman–Crippen LogP) is 2.64. The number of carbonyl (C=O) groups excluding carboxylic acids is 1. The van der Waals surface area contributed by atoms with E-state index < -0.39 is 0 Å². The van der Waals surface area contributed by atoms with E-state index in [0.717, 1.165) is 31.6 Å². The van der Waals surface area contributed by atoms with Crippen LogP contribution in [-0.2, 0) is 4.79 Å². The Labute approximate surface area is 146 Å². The number of rotatable bonds is 9. The number of nitrogens with zero attached hydrogens (tertiary/aromatic N) is 1. The normalized spacial score (nSPS) is 11.3. The Balaban J connectivity index is 0. The van der Waals surface area contributed by atoms with Gasteiger partial charge < -0.3 is 10.6 Å². The van der Waals surface area contributed by atoms with Gasteiger partial charge in [-0.05, 0) is 32.1 Å². The Morgan fingerprint density at radius 2 is 1.73 bits per heavy atom. The van der Waals surface area contributed by atoms with Gasteiger partial charge in [0.1, 0.15) is 6.04 Å². The fourth-order valence-electron chi connectivity index (χ4n) is 2.10. The number of amides is 1. The molecule has 0 radical (unpaired) electrons. The third-order valence-corrected chi connectivity index (χ3v) is 3.33. The summed E-state index contributed by atoms with van der Waals surface area (Å²) in [5, 5.41) is 6.30. The van der Waals surface area contributed by atoms with Crippen LogP contribution in [0.3, 0.4) is 0 Å². The maximum Gasteiger partial charge on any atom is 0.241 e. The molecule has 1 amide bonds. The molecule has 0 fully saturated rings. The Bertz CT molecular complexity index is 390. The van der Waals surface area contributed by atoms with E-state index in [0.29, 0.717) is 6.54 Å². The van der Waals surface area contributed by atoms with Gasteiger partial charge in [0.15, 0.2) is 0 Å². The molecule has 22 heavy (non-hydrogen) atoms. The first kappa shape index (κ1) is 23.5. The van der Waals surface area contributed by atoms with Crippen molar-refractivity contribution in [2.75, 3.05) is 33.2 Å². The van der Waals surface area contributed by atoms with Gasteiger partial charge in [0.2, 0.25) is 5.91 Å². The Kier molecular flexibility index (Phi) is 14.7. The number of likely N-dealkylation sites (N-methyl/N-ethyl adjacent to an activating group) is 1. The van der Waals surface area contributed by atoms with Crippen molar-refractivity contribution in [2.24, 2.45) is 0 Å². The van der Waals surface area contributed by atoms with E-state index in [-0.39, 0.29) is 36.8 Å². The molecule has 1 unspecified atom stereocenters. The highest BCUT2D eigenvalue weighted by molar-refractivity contribution is 5.85. The van der Waals surface area contributed by atoms with Gasteiger partial charge in [-0.25, -0.2) is 0 Å². The van der Waals surface area contributed by atoms with Crippen molar-refractivity contribution < 1.29 is 4.79 Å². The molecule has 0 bridgehead atoms. The van der Waals surface area contributed by atoms with E-state index >= 15 is 0 Å².